The number of hydrogen-bond donors (Lipinski definition) is 2. The van der Waals surface area contributed by atoms with E-state index in [0.717, 1.165) is 38.5 Å². The summed E-state index contributed by atoms with van der Waals surface area (Å²) >= 11 is 0. The van der Waals surface area contributed by atoms with Crippen molar-refractivity contribution in [2.75, 3.05) is 0 Å². The Morgan fingerprint density at radius 3 is 2.23 bits per heavy atom. The Bertz CT molecular complexity index is 448. The SMILES string of the molecule is CCC(CC)C(NC1CCC(C(=O)O)CC1)c1ccccc1. The highest BCUT2D eigenvalue weighted by Gasteiger charge is 2.29. The second-order valence-corrected chi connectivity index (χ2v) is 6.52. The summed E-state index contributed by atoms with van der Waals surface area (Å²) in [4.78, 5) is 11.1. The monoisotopic (exact) mass is 303 g/mol. The van der Waals surface area contributed by atoms with Gasteiger partial charge in [-0.3, -0.25) is 4.79 Å². The van der Waals surface area contributed by atoms with Crippen molar-refractivity contribution in [3.05, 3.63) is 35.9 Å². The number of rotatable bonds is 7. The van der Waals surface area contributed by atoms with E-state index in [1.54, 1.807) is 0 Å². The topological polar surface area (TPSA) is 49.3 Å². The molecular formula is C19H29NO2. The first-order chi connectivity index (χ1) is 10.7. The number of aliphatic carboxylic acids is 1. The predicted octanol–water partition coefficient (Wildman–Crippen LogP) is 4.40. The van der Waals surface area contributed by atoms with Crippen molar-refractivity contribution in [1.29, 1.82) is 0 Å². The highest BCUT2D eigenvalue weighted by Crippen LogP contribution is 2.31. The molecule has 3 nitrogen and oxygen atoms in total. The number of benzene rings is 1. The molecule has 1 fully saturated rings. The van der Waals surface area contributed by atoms with Crippen LogP contribution in [0.3, 0.4) is 0 Å². The predicted molar refractivity (Wildman–Crippen MR) is 89.8 cm³/mol. The molecule has 0 aliphatic heterocycles. The van der Waals surface area contributed by atoms with Gasteiger partial charge in [0.1, 0.15) is 0 Å². The van der Waals surface area contributed by atoms with Crippen molar-refractivity contribution in [1.82, 2.24) is 5.32 Å². The maximum Gasteiger partial charge on any atom is 0.306 e. The Morgan fingerprint density at radius 1 is 1.14 bits per heavy atom. The van der Waals surface area contributed by atoms with Crippen molar-refractivity contribution >= 4 is 5.97 Å². The standard InChI is InChI=1S/C19H29NO2/c1-3-14(4-2)18(15-8-6-5-7-9-15)20-17-12-10-16(11-13-17)19(21)22/h5-9,14,16-18,20H,3-4,10-13H2,1-2H3,(H,21,22). The molecular weight excluding hydrogens is 274 g/mol. The summed E-state index contributed by atoms with van der Waals surface area (Å²) in [5.41, 5.74) is 1.36. The van der Waals surface area contributed by atoms with Crippen LogP contribution in [0.4, 0.5) is 0 Å². The molecule has 0 bridgehead atoms. The molecule has 1 aliphatic carbocycles. The lowest BCUT2D eigenvalue weighted by molar-refractivity contribution is -0.142. The molecule has 1 aliphatic rings. The summed E-state index contributed by atoms with van der Waals surface area (Å²) in [6.07, 6.45) is 5.87. The van der Waals surface area contributed by atoms with Gasteiger partial charge in [-0.25, -0.2) is 0 Å². The molecule has 0 radical (unpaired) electrons. The van der Waals surface area contributed by atoms with E-state index in [9.17, 15) is 4.79 Å². The fourth-order valence-corrected chi connectivity index (χ4v) is 3.69. The second-order valence-electron chi connectivity index (χ2n) is 6.52. The fraction of sp³-hybridized carbons (Fsp3) is 0.632. The van der Waals surface area contributed by atoms with E-state index < -0.39 is 5.97 Å². The van der Waals surface area contributed by atoms with Crippen LogP contribution in [0.25, 0.3) is 0 Å². The van der Waals surface area contributed by atoms with Crippen LogP contribution in [0.5, 0.6) is 0 Å². The number of hydrogen-bond acceptors (Lipinski definition) is 2. The minimum atomic E-state index is -0.627. The van der Waals surface area contributed by atoms with Crippen LogP contribution >= 0.6 is 0 Å². The van der Waals surface area contributed by atoms with E-state index in [0.29, 0.717) is 18.0 Å². The molecule has 0 heterocycles. The van der Waals surface area contributed by atoms with E-state index in [1.807, 2.05) is 0 Å². The van der Waals surface area contributed by atoms with Crippen LogP contribution in [-0.4, -0.2) is 17.1 Å². The van der Waals surface area contributed by atoms with Gasteiger partial charge in [-0.15, -0.1) is 0 Å². The Hall–Kier alpha value is -1.35. The van der Waals surface area contributed by atoms with Crippen LogP contribution in [-0.2, 0) is 4.79 Å². The molecule has 3 heteroatoms. The van der Waals surface area contributed by atoms with Crippen molar-refractivity contribution in [2.45, 2.75) is 64.5 Å². The average molecular weight is 303 g/mol. The number of carbonyl (C=O) groups is 1. The average Bonchev–Trinajstić information content (AvgIpc) is 2.56. The minimum absolute atomic E-state index is 0.138. The Balaban J connectivity index is 2.03. The van der Waals surface area contributed by atoms with Gasteiger partial charge in [0.15, 0.2) is 0 Å². The van der Waals surface area contributed by atoms with Gasteiger partial charge < -0.3 is 10.4 Å². The zero-order chi connectivity index (χ0) is 15.9. The first-order valence-electron chi connectivity index (χ1n) is 8.69. The molecule has 0 amide bonds. The summed E-state index contributed by atoms with van der Waals surface area (Å²) in [5, 5.41) is 13.0. The lowest BCUT2D eigenvalue weighted by Crippen LogP contribution is -2.39. The van der Waals surface area contributed by atoms with Crippen LogP contribution in [0, 0.1) is 11.8 Å². The molecule has 1 atom stereocenters. The number of carboxylic acid groups (broad SMARTS) is 1. The molecule has 1 aromatic rings. The maximum atomic E-state index is 11.1. The van der Waals surface area contributed by atoms with E-state index in [-0.39, 0.29) is 5.92 Å². The summed E-state index contributed by atoms with van der Waals surface area (Å²) in [5.74, 6) is -0.140. The summed E-state index contributed by atoms with van der Waals surface area (Å²) in [7, 11) is 0. The largest absolute Gasteiger partial charge is 0.481 e. The Labute approximate surface area is 134 Å². The highest BCUT2D eigenvalue weighted by atomic mass is 16.4. The van der Waals surface area contributed by atoms with E-state index in [2.05, 4.69) is 49.5 Å². The molecule has 0 saturated heterocycles. The van der Waals surface area contributed by atoms with Gasteiger partial charge in [-0.1, -0.05) is 57.0 Å². The zero-order valence-electron chi connectivity index (χ0n) is 13.8. The first-order valence-corrected chi connectivity index (χ1v) is 8.69. The van der Waals surface area contributed by atoms with E-state index in [1.165, 1.54) is 5.56 Å². The van der Waals surface area contributed by atoms with E-state index >= 15 is 0 Å². The maximum absolute atomic E-state index is 11.1. The lowest BCUT2D eigenvalue weighted by atomic mass is 9.83. The van der Waals surface area contributed by atoms with Gasteiger partial charge in [-0.05, 0) is 37.2 Å². The van der Waals surface area contributed by atoms with Gasteiger partial charge in [0.05, 0.1) is 5.92 Å². The lowest BCUT2D eigenvalue weighted by Gasteiger charge is -2.34. The third-order valence-corrected chi connectivity index (χ3v) is 5.17. The van der Waals surface area contributed by atoms with Crippen LogP contribution in [0.15, 0.2) is 30.3 Å². The van der Waals surface area contributed by atoms with Crippen LogP contribution in [0.2, 0.25) is 0 Å². The Morgan fingerprint density at radius 2 is 1.73 bits per heavy atom. The highest BCUT2D eigenvalue weighted by molar-refractivity contribution is 5.70. The first kappa shape index (κ1) is 17.0. The molecule has 1 unspecified atom stereocenters. The quantitative estimate of drug-likeness (QED) is 0.785. The van der Waals surface area contributed by atoms with E-state index in [4.69, 9.17) is 5.11 Å². The summed E-state index contributed by atoms with van der Waals surface area (Å²) in [6.45, 7) is 4.51. The zero-order valence-corrected chi connectivity index (χ0v) is 13.8. The third-order valence-electron chi connectivity index (χ3n) is 5.17. The molecule has 1 aromatic carbocycles. The molecule has 0 spiro atoms. The Kier molecular flexibility index (Phi) is 6.44. The molecule has 22 heavy (non-hydrogen) atoms. The van der Waals surface area contributed by atoms with Crippen molar-refractivity contribution < 1.29 is 9.90 Å². The number of nitrogens with one attached hydrogen (secondary N) is 1. The van der Waals surface area contributed by atoms with Crippen molar-refractivity contribution in [3.8, 4) is 0 Å². The summed E-state index contributed by atoms with van der Waals surface area (Å²) < 4.78 is 0. The van der Waals surface area contributed by atoms with Crippen LogP contribution < -0.4 is 5.32 Å². The smallest absolute Gasteiger partial charge is 0.306 e. The van der Waals surface area contributed by atoms with Crippen molar-refractivity contribution in [3.63, 3.8) is 0 Å². The second kappa shape index (κ2) is 8.33. The number of carboxylic acids is 1. The molecule has 1 saturated carbocycles. The van der Waals surface area contributed by atoms with Gasteiger partial charge in [0, 0.05) is 12.1 Å². The molecule has 2 rings (SSSR count). The van der Waals surface area contributed by atoms with Gasteiger partial charge in [0.2, 0.25) is 0 Å². The van der Waals surface area contributed by atoms with Gasteiger partial charge in [0.25, 0.3) is 0 Å². The normalized spacial score (nSPS) is 23.4. The molecule has 122 valence electrons. The molecule has 0 aromatic heterocycles. The van der Waals surface area contributed by atoms with Crippen molar-refractivity contribution in [2.24, 2.45) is 11.8 Å². The third kappa shape index (κ3) is 4.33. The van der Waals surface area contributed by atoms with Gasteiger partial charge >= 0.3 is 5.97 Å². The van der Waals surface area contributed by atoms with Gasteiger partial charge in [-0.2, -0.15) is 0 Å². The minimum Gasteiger partial charge on any atom is -0.481 e. The van der Waals surface area contributed by atoms with Crippen LogP contribution in [0.1, 0.15) is 64.0 Å². The summed E-state index contributed by atoms with van der Waals surface area (Å²) in [6, 6.07) is 11.5. The molecule has 2 N–H and O–H groups in total. The fourth-order valence-electron chi connectivity index (χ4n) is 3.69.